The minimum absolute atomic E-state index is 0.133. The average Bonchev–Trinajstić information content (AvgIpc) is 2.14. The van der Waals surface area contributed by atoms with Crippen LogP contribution in [0.25, 0.3) is 0 Å². The first kappa shape index (κ1) is 12.6. The van der Waals surface area contributed by atoms with Gasteiger partial charge in [0.2, 0.25) is 0 Å². The van der Waals surface area contributed by atoms with Gasteiger partial charge in [-0.3, -0.25) is 0 Å². The van der Waals surface area contributed by atoms with E-state index in [4.69, 9.17) is 10.5 Å². The Morgan fingerprint density at radius 1 is 1.29 bits per heavy atom. The molecule has 1 aliphatic heterocycles. The first-order chi connectivity index (χ1) is 7.82. The highest BCUT2D eigenvalue weighted by molar-refractivity contribution is 5.38. The van der Waals surface area contributed by atoms with Crippen LogP contribution in [0, 0.1) is 13.8 Å². The van der Waals surface area contributed by atoms with Crippen LogP contribution in [0.1, 0.15) is 37.0 Å². The molecule has 1 heterocycles. The van der Waals surface area contributed by atoms with Gasteiger partial charge in [-0.15, -0.1) is 0 Å². The third-order valence-corrected chi connectivity index (χ3v) is 3.52. The SMILES string of the molecule is Cc1ccc(C)c(C2(CC(C)(C)N)COC2)c1. The molecule has 0 aromatic heterocycles. The van der Waals surface area contributed by atoms with E-state index in [9.17, 15) is 0 Å². The fourth-order valence-corrected chi connectivity index (χ4v) is 2.88. The third-order valence-electron chi connectivity index (χ3n) is 3.52. The number of nitrogens with two attached hydrogens (primary N) is 1. The van der Waals surface area contributed by atoms with Gasteiger partial charge in [0.1, 0.15) is 0 Å². The number of hydrogen-bond acceptors (Lipinski definition) is 2. The third kappa shape index (κ3) is 2.53. The molecule has 0 saturated carbocycles. The van der Waals surface area contributed by atoms with E-state index in [-0.39, 0.29) is 11.0 Å². The molecule has 0 unspecified atom stereocenters. The Bertz CT molecular complexity index is 413. The average molecular weight is 233 g/mol. The van der Waals surface area contributed by atoms with Crippen LogP contribution in [0.5, 0.6) is 0 Å². The van der Waals surface area contributed by atoms with Crippen molar-refractivity contribution in [3.63, 3.8) is 0 Å². The van der Waals surface area contributed by atoms with E-state index in [1.807, 2.05) is 0 Å². The first-order valence-electron chi connectivity index (χ1n) is 6.27. The van der Waals surface area contributed by atoms with Gasteiger partial charge in [0.05, 0.1) is 13.2 Å². The Hall–Kier alpha value is -0.860. The second-order valence-corrected chi connectivity index (χ2v) is 6.26. The van der Waals surface area contributed by atoms with Crippen LogP contribution in [0.4, 0.5) is 0 Å². The van der Waals surface area contributed by atoms with E-state index < -0.39 is 0 Å². The van der Waals surface area contributed by atoms with E-state index in [0.29, 0.717) is 0 Å². The molecule has 94 valence electrons. The monoisotopic (exact) mass is 233 g/mol. The predicted molar refractivity (Wildman–Crippen MR) is 71.3 cm³/mol. The lowest BCUT2D eigenvalue weighted by Crippen LogP contribution is -2.53. The van der Waals surface area contributed by atoms with E-state index in [1.54, 1.807) is 0 Å². The fraction of sp³-hybridized carbons (Fsp3) is 0.600. The van der Waals surface area contributed by atoms with Gasteiger partial charge in [-0.2, -0.15) is 0 Å². The largest absolute Gasteiger partial charge is 0.379 e. The van der Waals surface area contributed by atoms with Crippen molar-refractivity contribution < 1.29 is 4.74 Å². The van der Waals surface area contributed by atoms with E-state index >= 15 is 0 Å². The van der Waals surface area contributed by atoms with Crippen LogP contribution in [0.2, 0.25) is 0 Å². The van der Waals surface area contributed by atoms with E-state index in [2.05, 4.69) is 45.9 Å². The summed E-state index contributed by atoms with van der Waals surface area (Å²) in [5.41, 5.74) is 10.3. The topological polar surface area (TPSA) is 35.2 Å². The van der Waals surface area contributed by atoms with Crippen molar-refractivity contribution in [2.45, 2.75) is 45.1 Å². The summed E-state index contributed by atoms with van der Waals surface area (Å²) in [6, 6.07) is 6.66. The zero-order chi connectivity index (χ0) is 12.7. The molecule has 1 aromatic carbocycles. The Morgan fingerprint density at radius 3 is 2.41 bits per heavy atom. The summed E-state index contributed by atoms with van der Waals surface area (Å²) < 4.78 is 5.48. The Morgan fingerprint density at radius 2 is 1.94 bits per heavy atom. The van der Waals surface area contributed by atoms with Crippen LogP contribution in [0.3, 0.4) is 0 Å². The normalized spacial score (nSPS) is 18.9. The van der Waals surface area contributed by atoms with Crippen LogP contribution in [-0.4, -0.2) is 18.8 Å². The lowest BCUT2D eigenvalue weighted by atomic mass is 9.69. The minimum Gasteiger partial charge on any atom is -0.379 e. The molecule has 17 heavy (non-hydrogen) atoms. The highest BCUT2D eigenvalue weighted by atomic mass is 16.5. The first-order valence-corrected chi connectivity index (χ1v) is 6.27. The highest BCUT2D eigenvalue weighted by Crippen LogP contribution is 2.40. The van der Waals surface area contributed by atoms with Gasteiger partial charge in [-0.1, -0.05) is 23.8 Å². The lowest BCUT2D eigenvalue weighted by molar-refractivity contribution is -0.0722. The summed E-state index contributed by atoms with van der Waals surface area (Å²) in [5.74, 6) is 0. The lowest BCUT2D eigenvalue weighted by Gasteiger charge is -2.46. The summed E-state index contributed by atoms with van der Waals surface area (Å²) >= 11 is 0. The molecule has 2 nitrogen and oxygen atoms in total. The maximum absolute atomic E-state index is 6.20. The maximum atomic E-state index is 6.20. The fourth-order valence-electron chi connectivity index (χ4n) is 2.88. The van der Waals surface area contributed by atoms with Gasteiger partial charge in [-0.05, 0) is 45.2 Å². The molecule has 1 aliphatic rings. The summed E-state index contributed by atoms with van der Waals surface area (Å²) in [5, 5.41) is 0. The van der Waals surface area contributed by atoms with Crippen molar-refractivity contribution in [3.8, 4) is 0 Å². The summed E-state index contributed by atoms with van der Waals surface area (Å²) in [6.45, 7) is 10.1. The smallest absolute Gasteiger partial charge is 0.0586 e. The highest BCUT2D eigenvalue weighted by Gasteiger charge is 2.44. The number of hydrogen-bond donors (Lipinski definition) is 1. The zero-order valence-corrected chi connectivity index (χ0v) is 11.3. The van der Waals surface area contributed by atoms with Crippen molar-refractivity contribution in [3.05, 3.63) is 34.9 Å². The minimum atomic E-state index is -0.153. The molecule has 1 aromatic rings. The zero-order valence-electron chi connectivity index (χ0n) is 11.3. The Balaban J connectivity index is 2.38. The molecular formula is C15H23NO. The molecule has 1 fully saturated rings. The molecule has 1 saturated heterocycles. The van der Waals surface area contributed by atoms with Gasteiger partial charge in [-0.25, -0.2) is 0 Å². The molecule has 0 spiro atoms. The number of ether oxygens (including phenoxy) is 1. The second-order valence-electron chi connectivity index (χ2n) is 6.26. The second kappa shape index (κ2) is 4.11. The Labute approximate surface area is 104 Å². The summed E-state index contributed by atoms with van der Waals surface area (Å²) in [4.78, 5) is 0. The van der Waals surface area contributed by atoms with E-state index in [0.717, 1.165) is 19.6 Å². The van der Waals surface area contributed by atoms with Gasteiger partial charge >= 0.3 is 0 Å². The predicted octanol–water partition coefficient (Wildman–Crippen LogP) is 2.70. The van der Waals surface area contributed by atoms with Crippen LogP contribution >= 0.6 is 0 Å². The van der Waals surface area contributed by atoms with Gasteiger partial charge in [0.25, 0.3) is 0 Å². The van der Waals surface area contributed by atoms with Crippen molar-refractivity contribution in [1.29, 1.82) is 0 Å². The number of rotatable bonds is 3. The van der Waals surface area contributed by atoms with Crippen LogP contribution in [0.15, 0.2) is 18.2 Å². The molecule has 0 radical (unpaired) electrons. The number of aryl methyl sites for hydroxylation is 2. The van der Waals surface area contributed by atoms with Crippen LogP contribution < -0.4 is 5.73 Å². The van der Waals surface area contributed by atoms with E-state index in [1.165, 1.54) is 16.7 Å². The molecule has 0 atom stereocenters. The quantitative estimate of drug-likeness (QED) is 0.871. The molecule has 0 bridgehead atoms. The van der Waals surface area contributed by atoms with Crippen molar-refractivity contribution >= 4 is 0 Å². The Kier molecular flexibility index (Phi) is 3.04. The molecule has 2 N–H and O–H groups in total. The molecule has 2 heteroatoms. The maximum Gasteiger partial charge on any atom is 0.0586 e. The molecule has 0 aliphatic carbocycles. The van der Waals surface area contributed by atoms with Gasteiger partial charge in [0, 0.05) is 11.0 Å². The van der Waals surface area contributed by atoms with Crippen LogP contribution in [-0.2, 0) is 10.2 Å². The van der Waals surface area contributed by atoms with Gasteiger partial charge < -0.3 is 10.5 Å². The standard InChI is InChI=1S/C15H23NO/c1-11-5-6-12(2)13(7-11)15(9-17-10-15)8-14(3,4)16/h5-7H,8-10,16H2,1-4H3. The van der Waals surface area contributed by atoms with Crippen molar-refractivity contribution in [2.24, 2.45) is 5.73 Å². The van der Waals surface area contributed by atoms with Crippen molar-refractivity contribution in [1.82, 2.24) is 0 Å². The number of benzene rings is 1. The molecule has 2 rings (SSSR count). The summed E-state index contributed by atoms with van der Waals surface area (Å²) in [6.07, 6.45) is 0.976. The molecular weight excluding hydrogens is 210 g/mol. The summed E-state index contributed by atoms with van der Waals surface area (Å²) in [7, 11) is 0. The molecule has 0 amide bonds. The van der Waals surface area contributed by atoms with Crippen molar-refractivity contribution in [2.75, 3.05) is 13.2 Å². The van der Waals surface area contributed by atoms with Gasteiger partial charge in [0.15, 0.2) is 0 Å².